The predicted molar refractivity (Wildman–Crippen MR) is 107 cm³/mol. The van der Waals surface area contributed by atoms with E-state index < -0.39 is 18.2 Å². The molecule has 2 N–H and O–H groups in total. The number of fused-ring (bicyclic) bond motifs is 1. The summed E-state index contributed by atoms with van der Waals surface area (Å²) in [6.45, 7) is 2.12. The molecular formula is C22H24F4N2O5. The number of alkyl halides is 3. The number of nitrogens with zero attached hydrogens (tertiary/aromatic N) is 1. The number of halogens is 4. The fraction of sp³-hybridized carbons (Fsp3) is 0.455. The van der Waals surface area contributed by atoms with Crippen molar-refractivity contribution in [3.8, 4) is 0 Å². The second-order valence-corrected chi connectivity index (χ2v) is 7.79. The molecule has 2 aromatic rings. The van der Waals surface area contributed by atoms with Crippen LogP contribution in [0.5, 0.6) is 0 Å². The fourth-order valence-electron chi connectivity index (χ4n) is 3.93. The number of aliphatic carboxylic acids is 1. The summed E-state index contributed by atoms with van der Waals surface area (Å²) in [5.41, 5.74) is 1.10. The Hall–Kier alpha value is -2.92. The van der Waals surface area contributed by atoms with Crippen LogP contribution < -0.4 is 5.32 Å². The minimum Gasteiger partial charge on any atom is -0.475 e. The number of amides is 1. The first-order valence-electron chi connectivity index (χ1n) is 10.4. The smallest absolute Gasteiger partial charge is 0.475 e. The quantitative estimate of drug-likeness (QED) is 0.648. The van der Waals surface area contributed by atoms with Crippen LogP contribution in [-0.2, 0) is 27.4 Å². The standard InChI is InChI=1S/C20H23FN2O3.C2HF3O2/c21-15-5-3-14(4-6-15)13-23-10-9-18-17(23)7-8-19(26-18)20(24)22-12-16-2-1-11-25-16;3-2(4,5)1(6)7/h1-6,11,17-19H,7-10,12-13H2,(H,22,24);(H,6,7)/t17-,18-,19+;/m1./s1. The van der Waals surface area contributed by atoms with Gasteiger partial charge in [-0.2, -0.15) is 13.2 Å². The number of carbonyl (C=O) groups is 2. The lowest BCUT2D eigenvalue weighted by Crippen LogP contribution is -2.47. The van der Waals surface area contributed by atoms with E-state index in [-0.39, 0.29) is 17.8 Å². The maximum atomic E-state index is 13.1. The van der Waals surface area contributed by atoms with Gasteiger partial charge in [0.2, 0.25) is 5.91 Å². The Balaban J connectivity index is 0.000000383. The Kier molecular flexibility index (Phi) is 8.09. The summed E-state index contributed by atoms with van der Waals surface area (Å²) in [4.78, 5) is 23.6. The molecule has 0 bridgehead atoms. The van der Waals surface area contributed by atoms with Gasteiger partial charge >= 0.3 is 12.1 Å². The average molecular weight is 472 g/mol. The van der Waals surface area contributed by atoms with E-state index in [1.165, 1.54) is 12.1 Å². The highest BCUT2D eigenvalue weighted by Gasteiger charge is 2.41. The molecule has 11 heteroatoms. The highest BCUT2D eigenvalue weighted by atomic mass is 19.4. The number of carbonyl (C=O) groups excluding carboxylic acids is 1. The summed E-state index contributed by atoms with van der Waals surface area (Å²) in [5.74, 6) is -2.31. The van der Waals surface area contributed by atoms with Gasteiger partial charge < -0.3 is 19.6 Å². The Labute approximate surface area is 187 Å². The third-order valence-electron chi connectivity index (χ3n) is 5.51. The van der Waals surface area contributed by atoms with E-state index in [9.17, 15) is 22.4 Å². The average Bonchev–Trinajstić information content (AvgIpc) is 3.43. The maximum Gasteiger partial charge on any atom is 0.490 e. The Morgan fingerprint density at radius 1 is 1.12 bits per heavy atom. The van der Waals surface area contributed by atoms with Crippen LogP contribution >= 0.6 is 0 Å². The molecule has 2 saturated heterocycles. The van der Waals surface area contributed by atoms with Crippen molar-refractivity contribution in [2.24, 2.45) is 0 Å². The third kappa shape index (κ3) is 7.03. The molecule has 0 unspecified atom stereocenters. The van der Waals surface area contributed by atoms with E-state index in [0.717, 1.165) is 37.3 Å². The van der Waals surface area contributed by atoms with E-state index in [4.69, 9.17) is 19.1 Å². The molecule has 0 aliphatic carbocycles. The zero-order valence-electron chi connectivity index (χ0n) is 17.6. The minimum atomic E-state index is -5.08. The van der Waals surface area contributed by atoms with Crippen LogP contribution in [0.15, 0.2) is 47.1 Å². The van der Waals surface area contributed by atoms with Gasteiger partial charge in [0, 0.05) is 19.1 Å². The first-order valence-corrected chi connectivity index (χ1v) is 10.4. The number of hydrogen-bond donors (Lipinski definition) is 2. The lowest BCUT2D eigenvalue weighted by molar-refractivity contribution is -0.192. The van der Waals surface area contributed by atoms with Crippen molar-refractivity contribution >= 4 is 11.9 Å². The van der Waals surface area contributed by atoms with Crippen molar-refractivity contribution < 1.29 is 41.4 Å². The number of likely N-dealkylation sites (tertiary alicyclic amines) is 1. The number of carboxylic acid groups (broad SMARTS) is 1. The number of benzene rings is 1. The van der Waals surface area contributed by atoms with E-state index in [1.807, 2.05) is 18.2 Å². The Morgan fingerprint density at radius 2 is 1.82 bits per heavy atom. The molecule has 180 valence electrons. The maximum absolute atomic E-state index is 13.1. The number of furan rings is 1. The molecule has 0 saturated carbocycles. The molecule has 2 aliphatic heterocycles. The van der Waals surface area contributed by atoms with Crippen molar-refractivity contribution in [1.29, 1.82) is 0 Å². The van der Waals surface area contributed by atoms with Crippen molar-refractivity contribution in [1.82, 2.24) is 10.2 Å². The monoisotopic (exact) mass is 472 g/mol. The number of carboxylic acids is 1. The van der Waals surface area contributed by atoms with E-state index in [2.05, 4.69) is 10.2 Å². The van der Waals surface area contributed by atoms with Gasteiger partial charge in [-0.05, 0) is 49.1 Å². The SMILES string of the molecule is O=C(NCc1ccco1)[C@@H]1CC[C@@H]2[C@@H](CCN2Cc2ccc(F)cc2)O1.O=C(O)C(F)(F)F. The van der Waals surface area contributed by atoms with Gasteiger partial charge in [-0.25, -0.2) is 9.18 Å². The zero-order chi connectivity index (χ0) is 24.0. The van der Waals surface area contributed by atoms with Crippen molar-refractivity contribution in [3.05, 3.63) is 59.8 Å². The molecule has 1 aromatic heterocycles. The van der Waals surface area contributed by atoms with Crippen LogP contribution in [0.2, 0.25) is 0 Å². The molecule has 33 heavy (non-hydrogen) atoms. The summed E-state index contributed by atoms with van der Waals surface area (Å²) < 4.78 is 56.1. The highest BCUT2D eigenvalue weighted by Crippen LogP contribution is 2.32. The fourth-order valence-corrected chi connectivity index (χ4v) is 3.93. The molecule has 1 aromatic carbocycles. The Bertz CT molecular complexity index is 918. The van der Waals surface area contributed by atoms with Crippen molar-refractivity contribution in [2.75, 3.05) is 6.54 Å². The Morgan fingerprint density at radius 3 is 2.42 bits per heavy atom. The molecule has 3 heterocycles. The van der Waals surface area contributed by atoms with Gasteiger partial charge in [0.05, 0.1) is 18.9 Å². The topological polar surface area (TPSA) is 92.0 Å². The second-order valence-electron chi connectivity index (χ2n) is 7.79. The molecule has 2 aliphatic rings. The summed E-state index contributed by atoms with van der Waals surface area (Å²) in [5, 5.41) is 10.0. The molecule has 0 radical (unpaired) electrons. The molecular weight excluding hydrogens is 448 g/mol. The third-order valence-corrected chi connectivity index (χ3v) is 5.51. The minimum absolute atomic E-state index is 0.0724. The molecule has 1 amide bonds. The number of hydrogen-bond acceptors (Lipinski definition) is 5. The first-order chi connectivity index (χ1) is 15.6. The molecule has 3 atom stereocenters. The molecule has 2 fully saturated rings. The lowest BCUT2D eigenvalue weighted by Gasteiger charge is -2.35. The van der Waals surface area contributed by atoms with Gasteiger partial charge in [0.25, 0.3) is 0 Å². The van der Waals surface area contributed by atoms with Gasteiger partial charge in [0.15, 0.2) is 0 Å². The number of rotatable bonds is 5. The molecule has 4 rings (SSSR count). The van der Waals surface area contributed by atoms with E-state index in [1.54, 1.807) is 12.3 Å². The summed E-state index contributed by atoms with van der Waals surface area (Å²) in [7, 11) is 0. The number of nitrogens with one attached hydrogen (secondary N) is 1. The highest BCUT2D eigenvalue weighted by molar-refractivity contribution is 5.80. The van der Waals surface area contributed by atoms with Crippen LogP contribution in [-0.4, -0.2) is 52.9 Å². The van der Waals surface area contributed by atoms with Crippen LogP contribution in [0.3, 0.4) is 0 Å². The van der Waals surface area contributed by atoms with Crippen LogP contribution in [0.25, 0.3) is 0 Å². The normalized spacial score (nSPS) is 22.7. The summed E-state index contributed by atoms with van der Waals surface area (Å²) in [6, 6.07) is 10.6. The summed E-state index contributed by atoms with van der Waals surface area (Å²) >= 11 is 0. The van der Waals surface area contributed by atoms with Crippen molar-refractivity contribution in [2.45, 2.75) is 56.8 Å². The largest absolute Gasteiger partial charge is 0.490 e. The van der Waals surface area contributed by atoms with Gasteiger partial charge in [-0.1, -0.05) is 12.1 Å². The molecule has 0 spiro atoms. The van der Waals surface area contributed by atoms with Crippen LogP contribution in [0, 0.1) is 5.82 Å². The predicted octanol–water partition coefficient (Wildman–Crippen LogP) is 3.49. The van der Waals surface area contributed by atoms with Crippen LogP contribution in [0.4, 0.5) is 17.6 Å². The number of ether oxygens (including phenoxy) is 1. The van der Waals surface area contributed by atoms with Crippen LogP contribution in [0.1, 0.15) is 30.6 Å². The zero-order valence-corrected chi connectivity index (χ0v) is 17.6. The van der Waals surface area contributed by atoms with Gasteiger partial charge in [-0.15, -0.1) is 0 Å². The lowest BCUT2D eigenvalue weighted by atomic mass is 9.98. The van der Waals surface area contributed by atoms with E-state index in [0.29, 0.717) is 19.0 Å². The first kappa shape index (κ1) is 24.7. The summed E-state index contributed by atoms with van der Waals surface area (Å²) in [6.07, 6.45) is -1.22. The van der Waals surface area contributed by atoms with Crippen molar-refractivity contribution in [3.63, 3.8) is 0 Å². The molecule has 7 nitrogen and oxygen atoms in total. The second kappa shape index (κ2) is 10.8. The van der Waals surface area contributed by atoms with Gasteiger partial charge in [-0.3, -0.25) is 9.69 Å². The van der Waals surface area contributed by atoms with Gasteiger partial charge in [0.1, 0.15) is 17.7 Å². The van der Waals surface area contributed by atoms with E-state index >= 15 is 0 Å².